The molecule has 1 fully saturated rings. The Hall–Kier alpha value is -1.16. The fourth-order valence-corrected chi connectivity index (χ4v) is 3.46. The van der Waals surface area contributed by atoms with E-state index < -0.39 is 0 Å². The van der Waals surface area contributed by atoms with Crippen LogP contribution < -0.4 is 5.32 Å². The fourth-order valence-electron chi connectivity index (χ4n) is 3.24. The molecule has 112 valence electrons. The highest BCUT2D eigenvalue weighted by atomic mass is 35.5. The molecule has 0 aliphatic heterocycles. The maximum Gasteiger partial charge on any atom is 0.0761 e. The molecule has 0 atom stereocenters. The summed E-state index contributed by atoms with van der Waals surface area (Å²) in [4.78, 5) is 4.47. The molecule has 0 amide bonds. The van der Waals surface area contributed by atoms with Crippen molar-refractivity contribution in [3.63, 3.8) is 0 Å². The van der Waals surface area contributed by atoms with E-state index in [1.165, 1.54) is 19.3 Å². The summed E-state index contributed by atoms with van der Waals surface area (Å²) in [5.41, 5.74) is 1.95. The number of nitrogens with one attached hydrogen (secondary N) is 1. The van der Waals surface area contributed by atoms with Crippen LogP contribution in [0.25, 0.3) is 10.9 Å². The van der Waals surface area contributed by atoms with Gasteiger partial charge in [-0.1, -0.05) is 36.9 Å². The summed E-state index contributed by atoms with van der Waals surface area (Å²) >= 11 is 6.23. The van der Waals surface area contributed by atoms with E-state index in [0.29, 0.717) is 6.54 Å². The van der Waals surface area contributed by atoms with E-state index in [2.05, 4.69) is 10.3 Å². The van der Waals surface area contributed by atoms with Gasteiger partial charge >= 0.3 is 0 Å². The van der Waals surface area contributed by atoms with Crippen LogP contribution in [0.4, 0.5) is 0 Å². The zero-order valence-electron chi connectivity index (χ0n) is 12.1. The molecule has 2 N–H and O–H groups in total. The summed E-state index contributed by atoms with van der Waals surface area (Å²) in [5.74, 6) is 0. The van der Waals surface area contributed by atoms with Gasteiger partial charge in [-0.25, -0.2) is 0 Å². The van der Waals surface area contributed by atoms with Gasteiger partial charge in [0.2, 0.25) is 0 Å². The zero-order chi connectivity index (χ0) is 14.7. The molecule has 21 heavy (non-hydrogen) atoms. The maximum atomic E-state index is 9.78. The van der Waals surface area contributed by atoms with Crippen molar-refractivity contribution in [3.05, 3.63) is 41.0 Å². The molecule has 0 bridgehead atoms. The molecule has 1 heterocycles. The van der Waals surface area contributed by atoms with Gasteiger partial charge in [0.15, 0.2) is 0 Å². The van der Waals surface area contributed by atoms with Crippen LogP contribution in [0, 0.1) is 0 Å². The zero-order valence-corrected chi connectivity index (χ0v) is 12.9. The van der Waals surface area contributed by atoms with Crippen molar-refractivity contribution in [2.24, 2.45) is 0 Å². The van der Waals surface area contributed by atoms with Crippen molar-refractivity contribution in [2.45, 2.75) is 44.2 Å². The number of halogens is 1. The number of rotatable bonds is 4. The molecule has 3 rings (SSSR count). The van der Waals surface area contributed by atoms with Gasteiger partial charge in [-0.15, -0.1) is 0 Å². The van der Waals surface area contributed by atoms with Gasteiger partial charge in [-0.3, -0.25) is 4.98 Å². The Kier molecular flexibility index (Phi) is 4.43. The lowest BCUT2D eigenvalue weighted by molar-refractivity contribution is 0.119. The highest BCUT2D eigenvalue weighted by molar-refractivity contribution is 6.35. The first-order valence-corrected chi connectivity index (χ1v) is 8.00. The van der Waals surface area contributed by atoms with E-state index in [9.17, 15) is 5.11 Å². The quantitative estimate of drug-likeness (QED) is 0.906. The van der Waals surface area contributed by atoms with E-state index in [0.717, 1.165) is 34.3 Å². The average molecular weight is 305 g/mol. The van der Waals surface area contributed by atoms with E-state index in [1.54, 1.807) is 6.20 Å². The van der Waals surface area contributed by atoms with Crippen molar-refractivity contribution in [1.29, 1.82) is 0 Å². The third-order valence-electron chi connectivity index (χ3n) is 4.57. The van der Waals surface area contributed by atoms with E-state index in [-0.39, 0.29) is 12.1 Å². The van der Waals surface area contributed by atoms with Gasteiger partial charge in [0.25, 0.3) is 0 Å². The second-order valence-electron chi connectivity index (χ2n) is 5.96. The lowest BCUT2D eigenvalue weighted by Gasteiger charge is -2.36. The van der Waals surface area contributed by atoms with Crippen molar-refractivity contribution in [3.8, 4) is 0 Å². The number of pyridine rings is 1. The SMILES string of the molecule is OCC1(NCc2ccc(Cl)c3cccnc23)CCCCC1. The number of aliphatic hydroxyl groups is 1. The Morgan fingerprint density at radius 2 is 2.00 bits per heavy atom. The maximum absolute atomic E-state index is 9.78. The van der Waals surface area contributed by atoms with Gasteiger partial charge in [-0.2, -0.15) is 0 Å². The average Bonchev–Trinajstić information content (AvgIpc) is 2.55. The lowest BCUT2D eigenvalue weighted by Crippen LogP contribution is -2.49. The normalized spacial score (nSPS) is 18.0. The van der Waals surface area contributed by atoms with Crippen molar-refractivity contribution in [1.82, 2.24) is 10.3 Å². The predicted molar refractivity (Wildman–Crippen MR) is 86.5 cm³/mol. The van der Waals surface area contributed by atoms with Crippen LogP contribution in [0.1, 0.15) is 37.7 Å². The predicted octanol–water partition coefficient (Wildman–Crippen LogP) is 3.67. The molecule has 2 aromatic rings. The monoisotopic (exact) mass is 304 g/mol. The fraction of sp³-hybridized carbons (Fsp3) is 0.471. The van der Waals surface area contributed by atoms with Crippen LogP contribution in [0.3, 0.4) is 0 Å². The van der Waals surface area contributed by atoms with Gasteiger partial charge in [0, 0.05) is 28.7 Å². The number of hydrogen-bond acceptors (Lipinski definition) is 3. The second-order valence-corrected chi connectivity index (χ2v) is 6.37. The van der Waals surface area contributed by atoms with Crippen LogP contribution in [0.5, 0.6) is 0 Å². The first-order chi connectivity index (χ1) is 10.2. The van der Waals surface area contributed by atoms with Gasteiger partial charge in [0.05, 0.1) is 12.1 Å². The molecule has 1 aromatic heterocycles. The smallest absolute Gasteiger partial charge is 0.0761 e. The number of aliphatic hydroxyl groups excluding tert-OH is 1. The molecule has 0 spiro atoms. The van der Waals surface area contributed by atoms with Crippen LogP contribution in [-0.4, -0.2) is 22.2 Å². The Balaban J connectivity index is 1.83. The largest absolute Gasteiger partial charge is 0.394 e. The number of hydrogen-bond donors (Lipinski definition) is 2. The van der Waals surface area contributed by atoms with E-state index in [4.69, 9.17) is 11.6 Å². The molecule has 0 saturated heterocycles. The van der Waals surface area contributed by atoms with Crippen LogP contribution in [0.2, 0.25) is 5.02 Å². The third kappa shape index (κ3) is 3.05. The summed E-state index contributed by atoms with van der Waals surface area (Å²) in [6.45, 7) is 0.914. The third-order valence-corrected chi connectivity index (χ3v) is 4.90. The molecule has 1 saturated carbocycles. The Morgan fingerprint density at radius 1 is 1.19 bits per heavy atom. The molecule has 0 unspecified atom stereocenters. The minimum absolute atomic E-state index is 0.126. The van der Waals surface area contributed by atoms with Crippen LogP contribution in [-0.2, 0) is 6.54 Å². The first kappa shape index (κ1) is 14.8. The van der Waals surface area contributed by atoms with Crippen molar-refractivity contribution in [2.75, 3.05) is 6.61 Å². The van der Waals surface area contributed by atoms with Gasteiger partial charge < -0.3 is 10.4 Å². The first-order valence-electron chi connectivity index (χ1n) is 7.62. The molecule has 1 aliphatic rings. The molecule has 3 nitrogen and oxygen atoms in total. The molecule has 4 heteroatoms. The summed E-state index contributed by atoms with van der Waals surface area (Å²) in [5, 5.41) is 15.1. The van der Waals surface area contributed by atoms with Crippen molar-refractivity contribution >= 4 is 22.5 Å². The number of aromatic nitrogens is 1. The van der Waals surface area contributed by atoms with E-state index in [1.807, 2.05) is 24.3 Å². The summed E-state index contributed by atoms with van der Waals surface area (Å²) < 4.78 is 0. The Labute approximate surface area is 130 Å². The summed E-state index contributed by atoms with van der Waals surface area (Å²) in [6, 6.07) is 7.85. The molecule has 1 aromatic carbocycles. The topological polar surface area (TPSA) is 45.1 Å². The summed E-state index contributed by atoms with van der Waals surface area (Å²) in [6.07, 6.45) is 7.53. The highest BCUT2D eigenvalue weighted by Gasteiger charge is 2.30. The minimum Gasteiger partial charge on any atom is -0.394 e. The second kappa shape index (κ2) is 6.30. The number of benzene rings is 1. The Morgan fingerprint density at radius 3 is 2.76 bits per heavy atom. The Bertz CT molecular complexity index is 623. The molecular formula is C17H21ClN2O. The molecule has 0 radical (unpaired) electrons. The van der Waals surface area contributed by atoms with Crippen molar-refractivity contribution < 1.29 is 5.11 Å². The van der Waals surface area contributed by atoms with Gasteiger partial charge in [-0.05, 0) is 36.6 Å². The molecular weight excluding hydrogens is 284 g/mol. The summed E-state index contributed by atoms with van der Waals surface area (Å²) in [7, 11) is 0. The highest BCUT2D eigenvalue weighted by Crippen LogP contribution is 2.29. The van der Waals surface area contributed by atoms with E-state index >= 15 is 0 Å². The lowest BCUT2D eigenvalue weighted by atomic mass is 9.82. The van der Waals surface area contributed by atoms with Crippen LogP contribution in [0.15, 0.2) is 30.5 Å². The number of nitrogens with zero attached hydrogens (tertiary/aromatic N) is 1. The van der Waals surface area contributed by atoms with Gasteiger partial charge in [0.1, 0.15) is 0 Å². The van der Waals surface area contributed by atoms with Crippen LogP contribution >= 0.6 is 11.6 Å². The minimum atomic E-state index is -0.126. The standard InChI is InChI=1S/C17H21ClN2O/c18-15-7-6-13(16-14(15)5-4-10-19-16)11-20-17(12-21)8-2-1-3-9-17/h4-7,10,20-21H,1-3,8-9,11-12H2. The molecule has 1 aliphatic carbocycles. The number of fused-ring (bicyclic) bond motifs is 1.